The first-order valence-electron chi connectivity index (χ1n) is 4.86. The van der Waals surface area contributed by atoms with Gasteiger partial charge >= 0.3 is 0 Å². The molecule has 2 aromatic heterocycles. The van der Waals surface area contributed by atoms with E-state index < -0.39 is 0 Å². The van der Waals surface area contributed by atoms with Crippen LogP contribution in [0.4, 0.5) is 0 Å². The highest BCUT2D eigenvalue weighted by Gasteiger charge is 2.09. The van der Waals surface area contributed by atoms with Gasteiger partial charge in [0.1, 0.15) is 5.76 Å². The number of aryl methyl sites for hydroxylation is 2. The maximum atomic E-state index is 11.7. The summed E-state index contributed by atoms with van der Waals surface area (Å²) in [5.74, 6) is 1.34. The van der Waals surface area contributed by atoms with E-state index in [1.165, 1.54) is 5.56 Å². The highest BCUT2D eigenvalue weighted by Crippen LogP contribution is 2.13. The molecule has 0 amide bonds. The molecule has 2 rings (SSSR count). The van der Waals surface area contributed by atoms with Crippen molar-refractivity contribution in [1.82, 2.24) is 0 Å². The summed E-state index contributed by atoms with van der Waals surface area (Å²) in [7, 11) is 0. The van der Waals surface area contributed by atoms with E-state index in [0.29, 0.717) is 12.2 Å². The molecule has 0 fully saturated rings. The first-order valence-corrected chi connectivity index (χ1v) is 5.81. The number of furan rings is 1. The van der Waals surface area contributed by atoms with E-state index in [1.807, 2.05) is 24.4 Å². The minimum absolute atomic E-state index is 0.0781. The summed E-state index contributed by atoms with van der Waals surface area (Å²) in [6.45, 7) is 1.84. The van der Waals surface area contributed by atoms with Crippen LogP contribution in [0.15, 0.2) is 33.4 Å². The predicted molar refractivity (Wildman–Crippen MR) is 60.4 cm³/mol. The van der Waals surface area contributed by atoms with Gasteiger partial charge in [0.2, 0.25) is 0 Å². The normalized spacial score (nSPS) is 10.5. The van der Waals surface area contributed by atoms with Gasteiger partial charge in [0.25, 0.3) is 0 Å². The van der Waals surface area contributed by atoms with Crippen molar-refractivity contribution < 1.29 is 9.21 Å². The van der Waals surface area contributed by atoms with Crippen LogP contribution in [0.5, 0.6) is 0 Å². The topological polar surface area (TPSA) is 30.2 Å². The molecular formula is C12H12O2S. The molecule has 78 valence electrons. The van der Waals surface area contributed by atoms with Crippen molar-refractivity contribution in [2.75, 3.05) is 0 Å². The van der Waals surface area contributed by atoms with Crippen LogP contribution in [0, 0.1) is 6.92 Å². The number of carbonyl (C=O) groups excluding carboxylic acids is 1. The van der Waals surface area contributed by atoms with Crippen LogP contribution < -0.4 is 0 Å². The van der Waals surface area contributed by atoms with Crippen LogP contribution in [0.2, 0.25) is 0 Å². The molecular weight excluding hydrogens is 208 g/mol. The van der Waals surface area contributed by atoms with Gasteiger partial charge in [0, 0.05) is 6.42 Å². The number of rotatable bonds is 4. The van der Waals surface area contributed by atoms with E-state index >= 15 is 0 Å². The van der Waals surface area contributed by atoms with Crippen LogP contribution in [0.25, 0.3) is 0 Å². The second kappa shape index (κ2) is 4.45. The van der Waals surface area contributed by atoms with Crippen LogP contribution >= 0.6 is 11.3 Å². The Hall–Kier alpha value is -1.35. The lowest BCUT2D eigenvalue weighted by Gasteiger charge is -1.95. The second-order valence-electron chi connectivity index (χ2n) is 3.47. The number of Topliss-reactive ketones (excluding diaryl/α,β-unsaturated/α-hetero) is 1. The molecule has 0 saturated heterocycles. The van der Waals surface area contributed by atoms with Gasteiger partial charge in [-0.15, -0.1) is 0 Å². The van der Waals surface area contributed by atoms with Gasteiger partial charge in [0.15, 0.2) is 11.5 Å². The Morgan fingerprint density at radius 2 is 2.27 bits per heavy atom. The van der Waals surface area contributed by atoms with Crippen LogP contribution in [-0.2, 0) is 6.42 Å². The van der Waals surface area contributed by atoms with Crippen LogP contribution in [-0.4, -0.2) is 5.78 Å². The van der Waals surface area contributed by atoms with Gasteiger partial charge in [-0.25, -0.2) is 0 Å². The largest absolute Gasteiger partial charge is 0.458 e. The SMILES string of the molecule is Cc1ccc(C(=O)CCc2ccsc2)o1. The van der Waals surface area contributed by atoms with Crippen molar-refractivity contribution in [3.05, 3.63) is 46.0 Å². The molecule has 2 heterocycles. The molecule has 0 atom stereocenters. The Balaban J connectivity index is 1.93. The highest BCUT2D eigenvalue weighted by molar-refractivity contribution is 7.07. The summed E-state index contributed by atoms with van der Waals surface area (Å²) in [5.41, 5.74) is 1.22. The molecule has 0 unspecified atom stereocenters. The number of carbonyl (C=O) groups is 1. The summed E-state index contributed by atoms with van der Waals surface area (Å²) >= 11 is 1.66. The molecule has 15 heavy (non-hydrogen) atoms. The maximum absolute atomic E-state index is 11.7. The quantitative estimate of drug-likeness (QED) is 0.738. The molecule has 0 spiro atoms. The zero-order chi connectivity index (χ0) is 10.7. The molecule has 0 aliphatic heterocycles. The van der Waals surface area contributed by atoms with Gasteiger partial charge in [-0.2, -0.15) is 11.3 Å². The van der Waals surface area contributed by atoms with Gasteiger partial charge in [0.05, 0.1) is 0 Å². The Morgan fingerprint density at radius 1 is 1.40 bits per heavy atom. The van der Waals surface area contributed by atoms with Gasteiger partial charge in [-0.05, 0) is 47.9 Å². The van der Waals surface area contributed by atoms with Gasteiger partial charge < -0.3 is 4.42 Å². The van der Waals surface area contributed by atoms with E-state index in [9.17, 15) is 4.79 Å². The molecule has 0 aliphatic carbocycles. The summed E-state index contributed by atoms with van der Waals surface area (Å²) in [5, 5.41) is 4.09. The van der Waals surface area contributed by atoms with E-state index in [1.54, 1.807) is 17.4 Å². The number of thiophene rings is 1. The molecule has 3 heteroatoms. The summed E-state index contributed by atoms with van der Waals surface area (Å²) in [6.07, 6.45) is 1.31. The fourth-order valence-corrected chi connectivity index (χ4v) is 2.10. The van der Waals surface area contributed by atoms with Gasteiger partial charge in [-0.1, -0.05) is 0 Å². The van der Waals surface area contributed by atoms with Gasteiger partial charge in [-0.3, -0.25) is 4.79 Å². The Labute approximate surface area is 92.5 Å². The van der Waals surface area contributed by atoms with E-state index in [4.69, 9.17) is 4.42 Å². The third-order valence-corrected chi connectivity index (χ3v) is 2.97. The van der Waals surface area contributed by atoms with E-state index in [-0.39, 0.29) is 5.78 Å². The molecule has 0 aliphatic rings. The first-order chi connectivity index (χ1) is 7.25. The fourth-order valence-electron chi connectivity index (χ4n) is 1.40. The van der Waals surface area contributed by atoms with Crippen molar-refractivity contribution in [3.8, 4) is 0 Å². The van der Waals surface area contributed by atoms with Crippen molar-refractivity contribution in [2.45, 2.75) is 19.8 Å². The summed E-state index contributed by atoms with van der Waals surface area (Å²) in [6, 6.07) is 5.61. The minimum atomic E-state index is 0.0781. The summed E-state index contributed by atoms with van der Waals surface area (Å²) in [4.78, 5) is 11.7. The van der Waals surface area contributed by atoms with E-state index in [0.717, 1.165) is 12.2 Å². The smallest absolute Gasteiger partial charge is 0.198 e. The number of hydrogen-bond acceptors (Lipinski definition) is 3. The highest BCUT2D eigenvalue weighted by atomic mass is 32.1. The average molecular weight is 220 g/mol. The fraction of sp³-hybridized carbons (Fsp3) is 0.250. The Morgan fingerprint density at radius 3 is 2.87 bits per heavy atom. The molecule has 0 N–H and O–H groups in total. The first kappa shape index (κ1) is 10.2. The number of hydrogen-bond donors (Lipinski definition) is 0. The Kier molecular flexibility index (Phi) is 3.02. The molecule has 0 radical (unpaired) electrons. The van der Waals surface area contributed by atoms with Crippen molar-refractivity contribution in [2.24, 2.45) is 0 Å². The second-order valence-corrected chi connectivity index (χ2v) is 4.25. The average Bonchev–Trinajstić information content (AvgIpc) is 2.84. The monoisotopic (exact) mass is 220 g/mol. The zero-order valence-electron chi connectivity index (χ0n) is 8.53. The molecule has 0 aromatic carbocycles. The van der Waals surface area contributed by atoms with Crippen molar-refractivity contribution in [1.29, 1.82) is 0 Å². The van der Waals surface area contributed by atoms with E-state index in [2.05, 4.69) is 5.38 Å². The standard InChI is InChI=1S/C12H12O2S/c1-9-2-5-12(14-9)11(13)4-3-10-6-7-15-8-10/h2,5-8H,3-4H2,1H3. The lowest BCUT2D eigenvalue weighted by Crippen LogP contribution is -1.98. The lowest BCUT2D eigenvalue weighted by molar-refractivity contribution is 0.0955. The zero-order valence-corrected chi connectivity index (χ0v) is 9.34. The molecule has 2 aromatic rings. The van der Waals surface area contributed by atoms with Crippen LogP contribution in [0.1, 0.15) is 28.3 Å². The Bertz CT molecular complexity index is 440. The molecule has 2 nitrogen and oxygen atoms in total. The maximum Gasteiger partial charge on any atom is 0.198 e. The third kappa shape index (κ3) is 2.57. The van der Waals surface area contributed by atoms with Crippen molar-refractivity contribution >= 4 is 17.1 Å². The van der Waals surface area contributed by atoms with Crippen LogP contribution in [0.3, 0.4) is 0 Å². The number of ketones is 1. The predicted octanol–water partition coefficient (Wildman–Crippen LogP) is 3.47. The third-order valence-electron chi connectivity index (χ3n) is 2.24. The minimum Gasteiger partial charge on any atom is -0.458 e. The summed E-state index contributed by atoms with van der Waals surface area (Å²) < 4.78 is 5.27. The molecule has 0 bridgehead atoms. The van der Waals surface area contributed by atoms with Crippen molar-refractivity contribution in [3.63, 3.8) is 0 Å². The lowest BCUT2D eigenvalue weighted by atomic mass is 10.1. The molecule has 0 saturated carbocycles.